The predicted octanol–water partition coefficient (Wildman–Crippen LogP) is 3.56. The van der Waals surface area contributed by atoms with E-state index in [0.717, 1.165) is 0 Å². The van der Waals surface area contributed by atoms with Gasteiger partial charge < -0.3 is 11.1 Å². The Labute approximate surface area is 160 Å². The third kappa shape index (κ3) is 3.63. The van der Waals surface area contributed by atoms with Gasteiger partial charge in [-0.05, 0) is 19.9 Å². The molecule has 0 saturated heterocycles. The molecule has 9 heteroatoms. The first-order valence-electron chi connectivity index (χ1n) is 7.80. The minimum Gasteiger partial charge on any atom is -0.367 e. The lowest BCUT2D eigenvalue weighted by molar-refractivity contribution is 0.100. The van der Waals surface area contributed by atoms with Gasteiger partial charge >= 0.3 is 0 Å². The van der Waals surface area contributed by atoms with Crippen molar-refractivity contribution >= 4 is 34.9 Å². The number of nitrogens with two attached hydrogens (primary N) is 1. The summed E-state index contributed by atoms with van der Waals surface area (Å²) in [5.74, 6) is 0.135. The Kier molecular flexibility index (Phi) is 5.11. The lowest BCUT2D eigenvalue weighted by Crippen LogP contribution is -2.15. The van der Waals surface area contributed by atoms with Crippen LogP contribution in [0.2, 0.25) is 10.2 Å². The second-order valence-electron chi connectivity index (χ2n) is 5.85. The van der Waals surface area contributed by atoms with Crippen LogP contribution in [0.15, 0.2) is 36.7 Å². The maximum atomic E-state index is 11.3. The first-order valence-corrected chi connectivity index (χ1v) is 8.56. The number of halogens is 2. The van der Waals surface area contributed by atoms with Crippen molar-refractivity contribution in [1.82, 2.24) is 19.7 Å². The molecule has 0 radical (unpaired) electrons. The van der Waals surface area contributed by atoms with Crippen molar-refractivity contribution in [3.8, 4) is 17.1 Å². The van der Waals surface area contributed by atoms with Gasteiger partial charge in [0.25, 0.3) is 11.9 Å². The average molecular weight is 391 g/mol. The van der Waals surface area contributed by atoms with Crippen LogP contribution >= 0.6 is 23.2 Å². The molecule has 0 aliphatic heterocycles. The van der Waals surface area contributed by atoms with Crippen LogP contribution in [-0.4, -0.2) is 31.7 Å². The van der Waals surface area contributed by atoms with E-state index in [1.54, 1.807) is 6.07 Å². The molecule has 0 saturated carbocycles. The summed E-state index contributed by atoms with van der Waals surface area (Å²) >= 11 is 12.8. The standard InChI is InChI=1S/C17H16Cl2N6O/c1-9(2)22-16-13(11-5-3-4-6-12(11)18)14(19)23-17(24-16)25-8-10(7-21-25)15(20)26/h3-9H,1-2H3,(H2,20,26)(H,22,23,24). The van der Waals surface area contributed by atoms with E-state index < -0.39 is 5.91 Å². The highest BCUT2D eigenvalue weighted by molar-refractivity contribution is 6.36. The van der Waals surface area contributed by atoms with Crippen molar-refractivity contribution in [3.63, 3.8) is 0 Å². The number of hydrogen-bond donors (Lipinski definition) is 2. The Morgan fingerprint density at radius 1 is 1.23 bits per heavy atom. The van der Waals surface area contributed by atoms with Gasteiger partial charge in [0.15, 0.2) is 0 Å². The minimum absolute atomic E-state index is 0.0915. The molecule has 1 amide bonds. The fourth-order valence-corrected chi connectivity index (χ4v) is 2.86. The summed E-state index contributed by atoms with van der Waals surface area (Å²) in [6.07, 6.45) is 2.79. The van der Waals surface area contributed by atoms with Crippen LogP contribution in [0.1, 0.15) is 24.2 Å². The molecule has 0 bridgehead atoms. The summed E-state index contributed by atoms with van der Waals surface area (Å²) in [7, 11) is 0. The van der Waals surface area contributed by atoms with Crippen molar-refractivity contribution in [3.05, 3.63) is 52.4 Å². The average Bonchev–Trinajstić information content (AvgIpc) is 3.05. The quantitative estimate of drug-likeness (QED) is 0.648. The van der Waals surface area contributed by atoms with Gasteiger partial charge in [-0.3, -0.25) is 4.79 Å². The summed E-state index contributed by atoms with van der Waals surface area (Å²) in [5.41, 5.74) is 6.82. The summed E-state index contributed by atoms with van der Waals surface area (Å²) in [6.45, 7) is 3.95. The molecule has 0 aliphatic carbocycles. The van der Waals surface area contributed by atoms with Gasteiger partial charge in [0.05, 0.1) is 17.3 Å². The molecule has 3 aromatic rings. The number of anilines is 1. The van der Waals surface area contributed by atoms with Crippen LogP contribution < -0.4 is 11.1 Å². The fourth-order valence-electron chi connectivity index (χ4n) is 2.36. The number of aromatic nitrogens is 4. The third-order valence-electron chi connectivity index (χ3n) is 3.49. The molecular formula is C17H16Cl2N6O. The van der Waals surface area contributed by atoms with Crippen molar-refractivity contribution in [2.24, 2.45) is 5.73 Å². The van der Waals surface area contributed by atoms with Gasteiger partial charge in [-0.2, -0.15) is 15.1 Å². The minimum atomic E-state index is -0.587. The highest BCUT2D eigenvalue weighted by Crippen LogP contribution is 2.37. The van der Waals surface area contributed by atoms with Gasteiger partial charge in [0.1, 0.15) is 11.0 Å². The molecule has 7 nitrogen and oxygen atoms in total. The number of carbonyl (C=O) groups excluding carboxylic acids is 1. The van der Waals surface area contributed by atoms with Crippen LogP contribution in [0.3, 0.4) is 0 Å². The van der Waals surface area contributed by atoms with Gasteiger partial charge in [-0.1, -0.05) is 41.4 Å². The summed E-state index contributed by atoms with van der Waals surface area (Å²) < 4.78 is 1.34. The summed E-state index contributed by atoms with van der Waals surface area (Å²) in [6, 6.07) is 7.40. The van der Waals surface area contributed by atoms with E-state index in [1.807, 2.05) is 32.0 Å². The lowest BCUT2D eigenvalue weighted by atomic mass is 10.1. The van der Waals surface area contributed by atoms with Crippen molar-refractivity contribution in [1.29, 1.82) is 0 Å². The molecular weight excluding hydrogens is 375 g/mol. The van der Waals surface area contributed by atoms with Crippen molar-refractivity contribution in [2.45, 2.75) is 19.9 Å². The number of nitrogens with zero attached hydrogens (tertiary/aromatic N) is 4. The van der Waals surface area contributed by atoms with E-state index in [9.17, 15) is 4.79 Å². The molecule has 0 spiro atoms. The van der Waals surface area contributed by atoms with E-state index in [0.29, 0.717) is 22.0 Å². The second-order valence-corrected chi connectivity index (χ2v) is 6.62. The normalized spacial score (nSPS) is 11.0. The second kappa shape index (κ2) is 7.31. The molecule has 1 aromatic carbocycles. The molecule has 2 heterocycles. The number of carbonyl (C=O) groups is 1. The van der Waals surface area contributed by atoms with Crippen molar-refractivity contribution in [2.75, 3.05) is 5.32 Å². The zero-order valence-electron chi connectivity index (χ0n) is 14.1. The van der Waals surface area contributed by atoms with E-state index in [2.05, 4.69) is 20.4 Å². The number of rotatable bonds is 5. The smallest absolute Gasteiger partial charge is 0.253 e. The van der Waals surface area contributed by atoms with E-state index in [-0.39, 0.29) is 22.7 Å². The lowest BCUT2D eigenvalue weighted by Gasteiger charge is -2.16. The first-order chi connectivity index (χ1) is 12.4. The van der Waals surface area contributed by atoms with Crippen LogP contribution in [0, 0.1) is 0 Å². The predicted molar refractivity (Wildman–Crippen MR) is 102 cm³/mol. The maximum absolute atomic E-state index is 11.3. The van der Waals surface area contributed by atoms with Gasteiger partial charge in [-0.25, -0.2) is 4.68 Å². The first kappa shape index (κ1) is 18.2. The Bertz CT molecular complexity index is 970. The number of benzene rings is 1. The number of nitrogens with one attached hydrogen (secondary N) is 1. The molecule has 2 aromatic heterocycles. The Hall–Kier alpha value is -2.64. The molecule has 3 N–H and O–H groups in total. The SMILES string of the molecule is CC(C)Nc1nc(-n2cc(C(N)=O)cn2)nc(Cl)c1-c1ccccc1Cl. The van der Waals surface area contributed by atoms with Gasteiger partial charge in [-0.15, -0.1) is 0 Å². The summed E-state index contributed by atoms with van der Waals surface area (Å²) in [5, 5.41) is 8.07. The molecule has 3 rings (SSSR count). The monoisotopic (exact) mass is 390 g/mol. The van der Waals surface area contributed by atoms with E-state index in [4.69, 9.17) is 28.9 Å². The fraction of sp³-hybridized carbons (Fsp3) is 0.176. The largest absolute Gasteiger partial charge is 0.367 e. The zero-order chi connectivity index (χ0) is 18.8. The van der Waals surface area contributed by atoms with Crippen molar-refractivity contribution < 1.29 is 4.79 Å². The maximum Gasteiger partial charge on any atom is 0.253 e. The van der Waals surface area contributed by atoms with Crippen LogP contribution in [0.25, 0.3) is 17.1 Å². The van der Waals surface area contributed by atoms with Crippen LogP contribution in [-0.2, 0) is 0 Å². The topological polar surface area (TPSA) is 98.7 Å². The molecule has 0 atom stereocenters. The van der Waals surface area contributed by atoms with E-state index >= 15 is 0 Å². The molecule has 0 aliphatic rings. The molecule has 26 heavy (non-hydrogen) atoms. The Morgan fingerprint density at radius 3 is 2.58 bits per heavy atom. The molecule has 134 valence electrons. The number of amides is 1. The van der Waals surface area contributed by atoms with Crippen LogP contribution in [0.5, 0.6) is 0 Å². The van der Waals surface area contributed by atoms with Gasteiger partial charge in [0, 0.05) is 22.8 Å². The van der Waals surface area contributed by atoms with E-state index in [1.165, 1.54) is 17.1 Å². The number of primary amides is 1. The highest BCUT2D eigenvalue weighted by Gasteiger charge is 2.19. The zero-order valence-corrected chi connectivity index (χ0v) is 15.6. The Balaban J connectivity index is 2.17. The molecule has 0 unspecified atom stereocenters. The summed E-state index contributed by atoms with van der Waals surface area (Å²) in [4.78, 5) is 20.1. The number of hydrogen-bond acceptors (Lipinski definition) is 5. The Morgan fingerprint density at radius 2 is 1.96 bits per heavy atom. The third-order valence-corrected chi connectivity index (χ3v) is 4.10. The van der Waals surface area contributed by atoms with Crippen LogP contribution in [0.4, 0.5) is 5.82 Å². The molecule has 0 fully saturated rings. The highest BCUT2D eigenvalue weighted by atomic mass is 35.5. The van der Waals surface area contributed by atoms with Gasteiger partial charge in [0.2, 0.25) is 0 Å².